The van der Waals surface area contributed by atoms with Crippen molar-refractivity contribution in [2.24, 2.45) is 0 Å². The van der Waals surface area contributed by atoms with Crippen LogP contribution in [0.15, 0.2) is 53.0 Å². The third-order valence-corrected chi connectivity index (χ3v) is 3.27. The summed E-state index contributed by atoms with van der Waals surface area (Å²) in [5, 5.41) is 6.02. The first-order chi connectivity index (χ1) is 9.20. The van der Waals surface area contributed by atoms with Gasteiger partial charge in [0.2, 0.25) is 0 Å². The Morgan fingerprint density at radius 3 is 2.47 bits per heavy atom. The lowest BCUT2D eigenvalue weighted by Gasteiger charge is -2.10. The number of carbonyl (C=O) groups is 1. The topological polar surface area (TPSA) is 41.1 Å². The third-order valence-electron chi connectivity index (χ3n) is 2.74. The zero-order chi connectivity index (χ0) is 13.7. The van der Waals surface area contributed by atoms with Crippen molar-refractivity contribution in [1.29, 1.82) is 0 Å². The molecule has 0 unspecified atom stereocenters. The van der Waals surface area contributed by atoms with Gasteiger partial charge in [-0.1, -0.05) is 34.1 Å². The van der Waals surface area contributed by atoms with Crippen molar-refractivity contribution in [3.05, 3.63) is 64.1 Å². The first kappa shape index (κ1) is 13.8. The molecule has 0 saturated heterocycles. The van der Waals surface area contributed by atoms with Crippen LogP contribution in [0.4, 0.5) is 5.69 Å². The van der Waals surface area contributed by atoms with Crippen molar-refractivity contribution in [2.75, 3.05) is 12.4 Å². The van der Waals surface area contributed by atoms with Crippen molar-refractivity contribution >= 4 is 27.5 Å². The second-order valence-electron chi connectivity index (χ2n) is 4.15. The summed E-state index contributed by atoms with van der Waals surface area (Å²) in [5.74, 6) is -0.101. The fraction of sp³-hybridized carbons (Fsp3) is 0.133. The summed E-state index contributed by atoms with van der Waals surface area (Å²) in [6, 6.07) is 15.1. The number of anilines is 1. The van der Waals surface area contributed by atoms with Gasteiger partial charge in [0.05, 0.1) is 0 Å². The Hall–Kier alpha value is -1.65. The van der Waals surface area contributed by atoms with Gasteiger partial charge >= 0.3 is 0 Å². The van der Waals surface area contributed by atoms with Gasteiger partial charge in [-0.25, -0.2) is 0 Å². The monoisotopic (exact) mass is 318 g/mol. The number of benzene rings is 2. The normalized spacial score (nSPS) is 10.2. The number of hydrogen-bond acceptors (Lipinski definition) is 2. The highest BCUT2D eigenvalue weighted by Crippen LogP contribution is 2.17. The van der Waals surface area contributed by atoms with Crippen LogP contribution < -0.4 is 10.6 Å². The van der Waals surface area contributed by atoms with Crippen LogP contribution in [0.2, 0.25) is 0 Å². The Balaban J connectivity index is 2.16. The number of hydrogen-bond donors (Lipinski definition) is 2. The maximum absolute atomic E-state index is 12.1. The zero-order valence-corrected chi connectivity index (χ0v) is 12.2. The molecular weight excluding hydrogens is 304 g/mol. The zero-order valence-electron chi connectivity index (χ0n) is 10.6. The molecule has 0 aromatic heterocycles. The molecule has 98 valence electrons. The first-order valence-electron chi connectivity index (χ1n) is 6.00. The van der Waals surface area contributed by atoms with Crippen molar-refractivity contribution in [3.63, 3.8) is 0 Å². The van der Waals surface area contributed by atoms with Crippen LogP contribution in [0.1, 0.15) is 15.9 Å². The molecule has 0 spiro atoms. The molecule has 0 radical (unpaired) electrons. The molecule has 4 heteroatoms. The van der Waals surface area contributed by atoms with Gasteiger partial charge in [-0.05, 0) is 42.9 Å². The Bertz CT molecular complexity index is 567. The third kappa shape index (κ3) is 3.66. The van der Waals surface area contributed by atoms with E-state index in [1.165, 1.54) is 0 Å². The van der Waals surface area contributed by atoms with Crippen molar-refractivity contribution < 1.29 is 4.79 Å². The van der Waals surface area contributed by atoms with Crippen LogP contribution in [-0.4, -0.2) is 13.0 Å². The fourth-order valence-corrected chi connectivity index (χ4v) is 2.05. The van der Waals surface area contributed by atoms with Crippen LogP contribution in [0.5, 0.6) is 0 Å². The second-order valence-corrected chi connectivity index (χ2v) is 5.06. The smallest absolute Gasteiger partial charge is 0.255 e. The highest BCUT2D eigenvalue weighted by Gasteiger charge is 2.08. The van der Waals surface area contributed by atoms with Crippen molar-refractivity contribution in [3.8, 4) is 0 Å². The summed E-state index contributed by atoms with van der Waals surface area (Å²) in [6.07, 6.45) is 0. The molecule has 0 fully saturated rings. The highest BCUT2D eigenvalue weighted by molar-refractivity contribution is 9.10. The largest absolute Gasteiger partial charge is 0.322 e. The number of para-hydroxylation sites is 1. The molecule has 0 heterocycles. The molecule has 2 N–H and O–H groups in total. The molecule has 2 aromatic carbocycles. The summed E-state index contributed by atoms with van der Waals surface area (Å²) < 4.78 is 0.958. The fourth-order valence-electron chi connectivity index (χ4n) is 1.78. The minimum atomic E-state index is -0.101. The van der Waals surface area contributed by atoms with Gasteiger partial charge in [-0.3, -0.25) is 4.79 Å². The van der Waals surface area contributed by atoms with E-state index in [-0.39, 0.29) is 5.91 Å². The number of nitrogens with one attached hydrogen (secondary N) is 2. The van der Waals surface area contributed by atoms with E-state index >= 15 is 0 Å². The molecule has 0 aliphatic carbocycles. The predicted molar refractivity (Wildman–Crippen MR) is 81.3 cm³/mol. The molecular formula is C15H15BrN2O. The van der Waals surface area contributed by atoms with E-state index in [0.29, 0.717) is 5.56 Å². The molecule has 0 bridgehead atoms. The van der Waals surface area contributed by atoms with Gasteiger partial charge in [0.25, 0.3) is 5.91 Å². The second kappa shape index (κ2) is 6.50. The molecule has 0 saturated carbocycles. The highest BCUT2D eigenvalue weighted by atomic mass is 79.9. The van der Waals surface area contributed by atoms with Crippen LogP contribution in [-0.2, 0) is 6.54 Å². The maximum atomic E-state index is 12.1. The van der Waals surface area contributed by atoms with E-state index in [1.807, 2.05) is 43.4 Å². The van der Waals surface area contributed by atoms with Crippen molar-refractivity contribution in [2.45, 2.75) is 6.54 Å². The summed E-state index contributed by atoms with van der Waals surface area (Å²) in [4.78, 5) is 12.1. The van der Waals surface area contributed by atoms with E-state index in [4.69, 9.17) is 0 Å². The van der Waals surface area contributed by atoms with Crippen molar-refractivity contribution in [1.82, 2.24) is 5.32 Å². The van der Waals surface area contributed by atoms with Gasteiger partial charge in [-0.2, -0.15) is 0 Å². The average molecular weight is 319 g/mol. The summed E-state index contributed by atoms with van der Waals surface area (Å²) in [7, 11) is 1.88. The predicted octanol–water partition coefficient (Wildman–Crippen LogP) is 3.42. The van der Waals surface area contributed by atoms with E-state index < -0.39 is 0 Å². The lowest BCUT2D eigenvalue weighted by atomic mass is 10.1. The minimum absolute atomic E-state index is 0.101. The molecule has 0 atom stereocenters. The number of amides is 1. The minimum Gasteiger partial charge on any atom is -0.322 e. The van der Waals surface area contributed by atoms with Crippen LogP contribution >= 0.6 is 15.9 Å². The molecule has 2 aromatic rings. The van der Waals surface area contributed by atoms with E-state index in [2.05, 4.69) is 26.6 Å². The SMILES string of the molecule is CNCc1ccccc1NC(=O)c1ccc(Br)cc1. The van der Waals surface area contributed by atoms with E-state index in [9.17, 15) is 4.79 Å². The van der Waals surface area contributed by atoms with Crippen LogP contribution in [0, 0.1) is 0 Å². The van der Waals surface area contributed by atoms with E-state index in [1.54, 1.807) is 12.1 Å². The standard InChI is InChI=1S/C15H15BrN2O/c1-17-10-12-4-2-3-5-14(12)18-15(19)11-6-8-13(16)9-7-11/h2-9,17H,10H2,1H3,(H,18,19). The number of rotatable bonds is 4. The van der Waals surface area contributed by atoms with Gasteiger partial charge in [0, 0.05) is 22.3 Å². The van der Waals surface area contributed by atoms with Crippen LogP contribution in [0.3, 0.4) is 0 Å². The Labute approximate surface area is 121 Å². The van der Waals surface area contributed by atoms with Gasteiger partial charge in [-0.15, -0.1) is 0 Å². The van der Waals surface area contributed by atoms with Gasteiger partial charge in [0.15, 0.2) is 0 Å². The molecule has 0 aliphatic heterocycles. The summed E-state index contributed by atoms with van der Waals surface area (Å²) in [6.45, 7) is 0.719. The first-order valence-corrected chi connectivity index (χ1v) is 6.79. The quantitative estimate of drug-likeness (QED) is 0.907. The lowest BCUT2D eigenvalue weighted by Crippen LogP contribution is -2.15. The molecule has 0 aliphatic rings. The van der Waals surface area contributed by atoms with E-state index in [0.717, 1.165) is 22.3 Å². The number of carbonyl (C=O) groups excluding carboxylic acids is 1. The Kier molecular flexibility index (Phi) is 4.71. The lowest BCUT2D eigenvalue weighted by molar-refractivity contribution is 0.102. The molecule has 3 nitrogen and oxygen atoms in total. The van der Waals surface area contributed by atoms with Gasteiger partial charge in [0.1, 0.15) is 0 Å². The maximum Gasteiger partial charge on any atom is 0.255 e. The summed E-state index contributed by atoms with van der Waals surface area (Å²) in [5.41, 5.74) is 2.54. The molecule has 2 rings (SSSR count). The molecule has 1 amide bonds. The number of halogens is 1. The Morgan fingerprint density at radius 1 is 1.11 bits per heavy atom. The molecule has 19 heavy (non-hydrogen) atoms. The Morgan fingerprint density at radius 2 is 1.79 bits per heavy atom. The average Bonchev–Trinajstić information content (AvgIpc) is 2.42. The van der Waals surface area contributed by atoms with Crippen LogP contribution in [0.25, 0.3) is 0 Å². The van der Waals surface area contributed by atoms with Gasteiger partial charge < -0.3 is 10.6 Å². The summed E-state index contributed by atoms with van der Waals surface area (Å²) >= 11 is 3.35.